The van der Waals surface area contributed by atoms with Gasteiger partial charge in [0.2, 0.25) is 0 Å². The fourth-order valence-electron chi connectivity index (χ4n) is 2.72. The fourth-order valence-corrected chi connectivity index (χ4v) is 2.72. The minimum atomic E-state index is -0.903. The number of rotatable bonds is 8. The molecule has 1 atom stereocenters. The van der Waals surface area contributed by atoms with Crippen LogP contribution in [0.5, 0.6) is 11.5 Å². The van der Waals surface area contributed by atoms with Gasteiger partial charge in [0.25, 0.3) is 0 Å². The lowest BCUT2D eigenvalue weighted by atomic mass is 10.1. The zero-order chi connectivity index (χ0) is 22.1. The Balaban J connectivity index is 2.14. The highest BCUT2D eigenvalue weighted by atomic mass is 16.6. The topological polar surface area (TPSA) is 83.1 Å². The van der Waals surface area contributed by atoms with E-state index >= 15 is 0 Å². The molecule has 0 aliphatic heterocycles. The smallest absolute Gasteiger partial charge is 0.408 e. The van der Waals surface area contributed by atoms with E-state index in [1.807, 2.05) is 30.3 Å². The van der Waals surface area contributed by atoms with Gasteiger partial charge in [-0.15, -0.1) is 0 Å². The van der Waals surface area contributed by atoms with Gasteiger partial charge in [0.15, 0.2) is 11.5 Å². The van der Waals surface area contributed by atoms with Crippen LogP contribution in [0.25, 0.3) is 0 Å². The van der Waals surface area contributed by atoms with E-state index in [9.17, 15) is 9.59 Å². The SMILES string of the molecule is COC(=O)[C@H](Cc1ccc(OC)c(OCc2ccccc2)c1)NC(=O)OC(C)(C)C. The summed E-state index contributed by atoms with van der Waals surface area (Å²) in [5.74, 6) is 0.549. The Morgan fingerprint density at radius 1 is 0.967 bits per heavy atom. The highest BCUT2D eigenvalue weighted by Crippen LogP contribution is 2.29. The summed E-state index contributed by atoms with van der Waals surface area (Å²) in [7, 11) is 2.83. The van der Waals surface area contributed by atoms with E-state index < -0.39 is 23.7 Å². The summed E-state index contributed by atoms with van der Waals surface area (Å²) in [5.41, 5.74) is 1.11. The second-order valence-corrected chi connectivity index (χ2v) is 7.69. The van der Waals surface area contributed by atoms with Crippen LogP contribution in [-0.2, 0) is 27.3 Å². The van der Waals surface area contributed by atoms with Gasteiger partial charge in [0.05, 0.1) is 14.2 Å². The summed E-state index contributed by atoms with van der Waals surface area (Å²) in [5, 5.41) is 2.57. The monoisotopic (exact) mass is 415 g/mol. The van der Waals surface area contributed by atoms with Crippen molar-refractivity contribution in [2.45, 2.75) is 45.4 Å². The first-order valence-electron chi connectivity index (χ1n) is 9.63. The van der Waals surface area contributed by atoms with E-state index in [4.69, 9.17) is 18.9 Å². The van der Waals surface area contributed by atoms with E-state index in [-0.39, 0.29) is 6.42 Å². The molecule has 2 aromatic carbocycles. The second kappa shape index (κ2) is 10.5. The van der Waals surface area contributed by atoms with Crippen molar-refractivity contribution in [3.05, 3.63) is 59.7 Å². The Bertz CT molecular complexity index is 845. The van der Waals surface area contributed by atoms with Crippen LogP contribution in [0.2, 0.25) is 0 Å². The second-order valence-electron chi connectivity index (χ2n) is 7.69. The molecule has 2 rings (SSSR count). The quantitative estimate of drug-likeness (QED) is 0.659. The predicted molar refractivity (Wildman–Crippen MR) is 113 cm³/mol. The Hall–Kier alpha value is -3.22. The summed E-state index contributed by atoms with van der Waals surface area (Å²) in [4.78, 5) is 24.3. The minimum Gasteiger partial charge on any atom is -0.493 e. The van der Waals surface area contributed by atoms with E-state index in [0.717, 1.165) is 11.1 Å². The Kier molecular flexibility index (Phi) is 8.09. The molecule has 0 radical (unpaired) electrons. The van der Waals surface area contributed by atoms with Gasteiger partial charge in [-0.05, 0) is 44.0 Å². The molecule has 0 bridgehead atoms. The maximum Gasteiger partial charge on any atom is 0.408 e. The van der Waals surface area contributed by atoms with Crippen LogP contribution < -0.4 is 14.8 Å². The molecule has 0 aromatic heterocycles. The summed E-state index contributed by atoms with van der Waals surface area (Å²) < 4.78 is 21.4. The van der Waals surface area contributed by atoms with Gasteiger partial charge in [-0.1, -0.05) is 36.4 Å². The fraction of sp³-hybridized carbons (Fsp3) is 0.391. The molecule has 2 aromatic rings. The van der Waals surface area contributed by atoms with Crippen LogP contribution in [0.3, 0.4) is 0 Å². The summed E-state index contributed by atoms with van der Waals surface area (Å²) in [6.07, 6.45) is -0.482. The normalized spacial score (nSPS) is 11.9. The molecule has 0 fully saturated rings. The van der Waals surface area contributed by atoms with Gasteiger partial charge in [-0.2, -0.15) is 0 Å². The van der Waals surface area contributed by atoms with Crippen molar-refractivity contribution in [2.24, 2.45) is 0 Å². The lowest BCUT2D eigenvalue weighted by Gasteiger charge is -2.23. The Morgan fingerprint density at radius 2 is 1.67 bits per heavy atom. The van der Waals surface area contributed by atoms with Crippen molar-refractivity contribution in [3.8, 4) is 11.5 Å². The van der Waals surface area contributed by atoms with Crippen molar-refractivity contribution < 1.29 is 28.5 Å². The number of carbonyl (C=O) groups excluding carboxylic acids is 2. The highest BCUT2D eigenvalue weighted by Gasteiger charge is 2.25. The molecule has 0 aliphatic rings. The maximum atomic E-state index is 12.2. The van der Waals surface area contributed by atoms with Crippen LogP contribution in [0.1, 0.15) is 31.9 Å². The van der Waals surface area contributed by atoms with Gasteiger partial charge in [-0.3, -0.25) is 0 Å². The molecule has 0 heterocycles. The van der Waals surface area contributed by atoms with Gasteiger partial charge >= 0.3 is 12.1 Å². The molecular formula is C23H29NO6. The first-order valence-corrected chi connectivity index (χ1v) is 9.63. The van der Waals surface area contributed by atoms with Crippen molar-refractivity contribution in [2.75, 3.05) is 14.2 Å². The Labute approximate surface area is 177 Å². The number of amides is 1. The number of esters is 1. The average molecular weight is 415 g/mol. The minimum absolute atomic E-state index is 0.206. The predicted octanol–water partition coefficient (Wildman–Crippen LogP) is 3.88. The van der Waals surface area contributed by atoms with Gasteiger partial charge in [0.1, 0.15) is 18.2 Å². The molecule has 1 N–H and O–H groups in total. The number of benzene rings is 2. The molecule has 0 saturated carbocycles. The number of carbonyl (C=O) groups is 2. The lowest BCUT2D eigenvalue weighted by Crippen LogP contribution is -2.45. The third-order valence-electron chi connectivity index (χ3n) is 4.08. The van der Waals surface area contributed by atoms with Crippen molar-refractivity contribution in [1.29, 1.82) is 0 Å². The molecular weight excluding hydrogens is 386 g/mol. The van der Waals surface area contributed by atoms with E-state index in [0.29, 0.717) is 18.1 Å². The van der Waals surface area contributed by atoms with Gasteiger partial charge < -0.3 is 24.3 Å². The standard InChI is InChI=1S/C23H29NO6/c1-23(2,3)30-22(26)24-18(21(25)28-5)13-17-11-12-19(27-4)20(14-17)29-15-16-9-7-6-8-10-16/h6-12,14,18H,13,15H2,1-5H3,(H,24,26)/t18-/m0/s1. The third-order valence-corrected chi connectivity index (χ3v) is 4.08. The first kappa shape index (κ1) is 23.1. The molecule has 7 nitrogen and oxygen atoms in total. The van der Waals surface area contributed by atoms with E-state index in [1.54, 1.807) is 46.1 Å². The molecule has 0 saturated heterocycles. The van der Waals surface area contributed by atoms with Crippen molar-refractivity contribution in [1.82, 2.24) is 5.32 Å². The van der Waals surface area contributed by atoms with Gasteiger partial charge in [0, 0.05) is 6.42 Å². The maximum absolute atomic E-state index is 12.2. The van der Waals surface area contributed by atoms with Crippen LogP contribution in [0.15, 0.2) is 48.5 Å². The molecule has 0 aliphatic carbocycles. The number of hydrogen-bond acceptors (Lipinski definition) is 6. The average Bonchev–Trinajstić information content (AvgIpc) is 2.70. The number of nitrogens with one attached hydrogen (secondary N) is 1. The van der Waals surface area contributed by atoms with Crippen LogP contribution >= 0.6 is 0 Å². The number of methoxy groups -OCH3 is 2. The number of ether oxygens (including phenoxy) is 4. The zero-order valence-electron chi connectivity index (χ0n) is 18.1. The molecule has 0 unspecified atom stereocenters. The number of alkyl carbamates (subject to hydrolysis) is 1. The van der Waals surface area contributed by atoms with Crippen LogP contribution in [-0.4, -0.2) is 37.9 Å². The molecule has 0 spiro atoms. The van der Waals surface area contributed by atoms with E-state index in [1.165, 1.54) is 7.11 Å². The molecule has 1 amide bonds. The Morgan fingerprint density at radius 3 is 2.27 bits per heavy atom. The largest absolute Gasteiger partial charge is 0.493 e. The van der Waals surface area contributed by atoms with E-state index in [2.05, 4.69) is 5.32 Å². The summed E-state index contributed by atoms with van der Waals surface area (Å²) in [6, 6.07) is 14.2. The third kappa shape index (κ3) is 7.31. The number of hydrogen-bond donors (Lipinski definition) is 1. The lowest BCUT2D eigenvalue weighted by molar-refractivity contribution is -0.143. The molecule has 7 heteroatoms. The van der Waals surface area contributed by atoms with Crippen LogP contribution in [0, 0.1) is 0 Å². The van der Waals surface area contributed by atoms with Crippen molar-refractivity contribution >= 4 is 12.1 Å². The molecule has 162 valence electrons. The molecule has 30 heavy (non-hydrogen) atoms. The zero-order valence-corrected chi connectivity index (χ0v) is 18.1. The highest BCUT2D eigenvalue weighted by molar-refractivity contribution is 5.81. The van der Waals surface area contributed by atoms with Crippen LogP contribution in [0.4, 0.5) is 4.79 Å². The first-order chi connectivity index (χ1) is 14.2. The van der Waals surface area contributed by atoms with Crippen molar-refractivity contribution in [3.63, 3.8) is 0 Å². The summed E-state index contributed by atoms with van der Waals surface area (Å²) in [6.45, 7) is 5.62. The van der Waals surface area contributed by atoms with Gasteiger partial charge in [-0.25, -0.2) is 9.59 Å². The summed E-state index contributed by atoms with van der Waals surface area (Å²) >= 11 is 0.